The second-order valence-electron chi connectivity index (χ2n) is 6.51. The number of pyridine rings is 1. The lowest BCUT2D eigenvalue weighted by atomic mass is 10.0. The number of fused-ring (bicyclic) bond motifs is 1. The first-order chi connectivity index (χ1) is 10.9. The maximum Gasteiger partial charge on any atom is 0.237 e. The quantitative estimate of drug-likeness (QED) is 0.858. The molecule has 0 aliphatic rings. The van der Waals surface area contributed by atoms with Crippen molar-refractivity contribution in [1.82, 2.24) is 10.3 Å². The van der Waals surface area contributed by atoms with Crippen LogP contribution in [0.15, 0.2) is 30.3 Å². The van der Waals surface area contributed by atoms with E-state index in [0.717, 1.165) is 22.3 Å². The average molecular weight is 314 g/mol. The number of carbonyl (C=O) groups is 1. The Morgan fingerprint density at radius 1 is 1.30 bits per heavy atom. The fourth-order valence-corrected chi connectivity index (χ4v) is 2.54. The minimum atomic E-state index is -0.462. The van der Waals surface area contributed by atoms with Gasteiger partial charge in [0.05, 0.1) is 11.6 Å². The van der Waals surface area contributed by atoms with E-state index in [2.05, 4.69) is 24.1 Å². The van der Waals surface area contributed by atoms with Crippen molar-refractivity contribution in [3.8, 4) is 0 Å². The number of nitrogens with one attached hydrogen (secondary N) is 1. The van der Waals surface area contributed by atoms with Crippen molar-refractivity contribution in [2.75, 3.05) is 19.0 Å². The van der Waals surface area contributed by atoms with Crippen LogP contribution in [0.3, 0.4) is 0 Å². The molecule has 1 heterocycles. The third kappa shape index (κ3) is 4.42. The van der Waals surface area contributed by atoms with Crippen LogP contribution in [-0.4, -0.2) is 31.0 Å². The molecule has 5 nitrogen and oxygen atoms in total. The van der Waals surface area contributed by atoms with Gasteiger partial charge in [-0.15, -0.1) is 0 Å². The Morgan fingerprint density at radius 2 is 2.00 bits per heavy atom. The van der Waals surface area contributed by atoms with Gasteiger partial charge in [-0.25, -0.2) is 4.98 Å². The number of hydrogen-bond acceptors (Lipinski definition) is 4. The predicted molar refractivity (Wildman–Crippen MR) is 95.3 cm³/mol. The Kier molecular flexibility index (Phi) is 5.55. The van der Waals surface area contributed by atoms with Gasteiger partial charge in [-0.3, -0.25) is 4.79 Å². The summed E-state index contributed by atoms with van der Waals surface area (Å²) in [5, 5.41) is 4.00. The van der Waals surface area contributed by atoms with Crippen LogP contribution < -0.4 is 16.0 Å². The second-order valence-corrected chi connectivity index (χ2v) is 6.51. The average Bonchev–Trinajstić information content (AvgIpc) is 2.51. The van der Waals surface area contributed by atoms with Crippen molar-refractivity contribution in [3.05, 3.63) is 35.9 Å². The summed E-state index contributed by atoms with van der Waals surface area (Å²) >= 11 is 0. The summed E-state index contributed by atoms with van der Waals surface area (Å²) in [7, 11) is 3.91. The van der Waals surface area contributed by atoms with Gasteiger partial charge >= 0.3 is 0 Å². The van der Waals surface area contributed by atoms with E-state index in [1.807, 2.05) is 49.3 Å². The Morgan fingerprint density at radius 3 is 2.65 bits per heavy atom. The Balaban J connectivity index is 2.20. The summed E-state index contributed by atoms with van der Waals surface area (Å²) in [5.74, 6) is 1.17. The van der Waals surface area contributed by atoms with Crippen molar-refractivity contribution >= 4 is 22.6 Å². The first-order valence-corrected chi connectivity index (χ1v) is 7.97. The number of hydrogen-bond donors (Lipinski definition) is 2. The Labute approximate surface area is 137 Å². The van der Waals surface area contributed by atoms with E-state index in [9.17, 15) is 4.79 Å². The van der Waals surface area contributed by atoms with E-state index < -0.39 is 6.04 Å². The summed E-state index contributed by atoms with van der Waals surface area (Å²) in [6.45, 7) is 4.58. The zero-order valence-electron chi connectivity index (χ0n) is 14.3. The topological polar surface area (TPSA) is 71.2 Å². The molecule has 0 aliphatic heterocycles. The largest absolute Gasteiger partial charge is 0.363 e. The standard InChI is InChI=1S/C18H26N4O/c1-12(2)9-15(19)18(23)20-11-13-10-17(22(3)4)21-16-8-6-5-7-14(13)16/h5-8,10,12,15H,9,11,19H2,1-4H3,(H,20,23)/t15-/m0/s1. The summed E-state index contributed by atoms with van der Waals surface area (Å²) < 4.78 is 0. The van der Waals surface area contributed by atoms with Crippen LogP contribution in [0.2, 0.25) is 0 Å². The van der Waals surface area contributed by atoms with E-state index in [1.165, 1.54) is 0 Å². The Hall–Kier alpha value is -2.14. The molecule has 0 saturated carbocycles. The van der Waals surface area contributed by atoms with Gasteiger partial charge in [-0.1, -0.05) is 32.0 Å². The van der Waals surface area contributed by atoms with E-state index in [0.29, 0.717) is 18.9 Å². The van der Waals surface area contributed by atoms with Crippen molar-refractivity contribution in [2.45, 2.75) is 32.9 Å². The molecule has 23 heavy (non-hydrogen) atoms. The van der Waals surface area contributed by atoms with Gasteiger partial charge in [0, 0.05) is 26.0 Å². The highest BCUT2D eigenvalue weighted by Gasteiger charge is 2.15. The first kappa shape index (κ1) is 17.2. The number of anilines is 1. The monoisotopic (exact) mass is 314 g/mol. The minimum absolute atomic E-state index is 0.106. The number of rotatable bonds is 6. The van der Waals surface area contributed by atoms with E-state index in [1.54, 1.807) is 0 Å². The van der Waals surface area contributed by atoms with Gasteiger partial charge in [0.15, 0.2) is 0 Å². The van der Waals surface area contributed by atoms with Gasteiger partial charge in [0.25, 0.3) is 0 Å². The molecule has 3 N–H and O–H groups in total. The van der Waals surface area contributed by atoms with Crippen LogP contribution in [0.25, 0.3) is 10.9 Å². The van der Waals surface area contributed by atoms with Crippen LogP contribution in [0.5, 0.6) is 0 Å². The van der Waals surface area contributed by atoms with Crippen LogP contribution in [-0.2, 0) is 11.3 Å². The smallest absolute Gasteiger partial charge is 0.237 e. The molecule has 1 atom stereocenters. The fourth-order valence-electron chi connectivity index (χ4n) is 2.54. The molecule has 5 heteroatoms. The van der Waals surface area contributed by atoms with E-state index in [4.69, 9.17) is 5.73 Å². The third-order valence-corrected chi connectivity index (χ3v) is 3.76. The molecule has 0 fully saturated rings. The van der Waals surface area contributed by atoms with Crippen molar-refractivity contribution in [1.29, 1.82) is 0 Å². The first-order valence-electron chi connectivity index (χ1n) is 7.97. The molecule has 0 unspecified atom stereocenters. The molecule has 0 radical (unpaired) electrons. The number of aromatic nitrogens is 1. The SMILES string of the molecule is CC(C)C[C@H](N)C(=O)NCc1cc(N(C)C)nc2ccccc12. The number of nitrogens with zero attached hydrogens (tertiary/aromatic N) is 2. The lowest BCUT2D eigenvalue weighted by molar-refractivity contribution is -0.122. The molecule has 1 amide bonds. The minimum Gasteiger partial charge on any atom is -0.363 e. The molecule has 0 bridgehead atoms. The van der Waals surface area contributed by atoms with Crippen molar-refractivity contribution < 1.29 is 4.79 Å². The van der Waals surface area contributed by atoms with Crippen LogP contribution >= 0.6 is 0 Å². The number of benzene rings is 1. The maximum absolute atomic E-state index is 12.1. The summed E-state index contributed by atoms with van der Waals surface area (Å²) in [6.07, 6.45) is 0.686. The van der Waals surface area contributed by atoms with E-state index >= 15 is 0 Å². The zero-order valence-corrected chi connectivity index (χ0v) is 14.3. The van der Waals surface area contributed by atoms with Gasteiger partial charge < -0.3 is 16.0 Å². The third-order valence-electron chi connectivity index (χ3n) is 3.76. The number of carbonyl (C=O) groups excluding carboxylic acids is 1. The van der Waals surface area contributed by atoms with Crippen LogP contribution in [0.4, 0.5) is 5.82 Å². The predicted octanol–water partition coefficient (Wildman–Crippen LogP) is 2.29. The van der Waals surface area contributed by atoms with Gasteiger partial charge in [-0.2, -0.15) is 0 Å². The number of nitrogens with two attached hydrogens (primary N) is 1. The molecule has 1 aromatic carbocycles. The van der Waals surface area contributed by atoms with Crippen molar-refractivity contribution in [3.63, 3.8) is 0 Å². The van der Waals surface area contributed by atoms with Crippen molar-refractivity contribution in [2.24, 2.45) is 11.7 Å². The highest BCUT2D eigenvalue weighted by Crippen LogP contribution is 2.22. The highest BCUT2D eigenvalue weighted by molar-refractivity contribution is 5.85. The lowest BCUT2D eigenvalue weighted by Crippen LogP contribution is -2.41. The number of amides is 1. The summed E-state index contributed by atoms with van der Waals surface area (Å²) in [6, 6.07) is 9.51. The molecule has 2 rings (SSSR count). The number of para-hydroxylation sites is 1. The molecule has 1 aromatic heterocycles. The second kappa shape index (κ2) is 7.42. The molecule has 0 spiro atoms. The fraction of sp³-hybridized carbons (Fsp3) is 0.444. The lowest BCUT2D eigenvalue weighted by Gasteiger charge is -2.17. The maximum atomic E-state index is 12.1. The normalized spacial score (nSPS) is 12.4. The van der Waals surface area contributed by atoms with Gasteiger partial charge in [0.2, 0.25) is 5.91 Å². The van der Waals surface area contributed by atoms with Crippen LogP contribution in [0, 0.1) is 5.92 Å². The van der Waals surface area contributed by atoms with Crippen LogP contribution in [0.1, 0.15) is 25.8 Å². The summed E-state index contributed by atoms with van der Waals surface area (Å²) in [4.78, 5) is 18.7. The highest BCUT2D eigenvalue weighted by atomic mass is 16.2. The summed E-state index contributed by atoms with van der Waals surface area (Å²) in [5.41, 5.74) is 7.91. The molecule has 2 aromatic rings. The Bertz CT molecular complexity index is 682. The van der Waals surface area contributed by atoms with Gasteiger partial charge in [-0.05, 0) is 30.0 Å². The molecular weight excluding hydrogens is 288 g/mol. The molecule has 0 saturated heterocycles. The molecular formula is C18H26N4O. The molecule has 124 valence electrons. The van der Waals surface area contributed by atoms with E-state index in [-0.39, 0.29) is 5.91 Å². The zero-order chi connectivity index (χ0) is 17.0. The molecule has 0 aliphatic carbocycles. The van der Waals surface area contributed by atoms with Gasteiger partial charge in [0.1, 0.15) is 5.82 Å².